The molecule has 0 aliphatic heterocycles. The minimum absolute atomic E-state index is 0.0988. The van der Waals surface area contributed by atoms with Gasteiger partial charge in [0, 0.05) is 28.9 Å². The molecular weight excluding hydrogens is 302 g/mol. The van der Waals surface area contributed by atoms with Crippen LogP contribution in [0.5, 0.6) is 5.75 Å². The number of nitrogens with one attached hydrogen (secondary N) is 1. The number of ether oxygens (including phenoxy) is 1. The Labute approximate surface area is 123 Å². The summed E-state index contributed by atoms with van der Waals surface area (Å²) >= 11 is 0. The lowest BCUT2D eigenvalue weighted by Gasteiger charge is -2.10. The van der Waals surface area contributed by atoms with Gasteiger partial charge in [-0.05, 0) is 24.5 Å². The number of carbonyl (C=O) groups excluding carboxylic acids is 1. The van der Waals surface area contributed by atoms with Crippen molar-refractivity contribution in [2.24, 2.45) is 5.92 Å². The summed E-state index contributed by atoms with van der Waals surface area (Å²) in [5.74, 6) is 0.419. The number of benzene rings is 1. The van der Waals surface area contributed by atoms with E-state index in [1.807, 2.05) is 13.8 Å². The van der Waals surface area contributed by atoms with Crippen LogP contribution in [0.25, 0.3) is 0 Å². The second kappa shape index (κ2) is 6.95. The Balaban J connectivity index is 2.86. The summed E-state index contributed by atoms with van der Waals surface area (Å²) in [4.78, 5) is 11.6. The normalized spacial score (nSPS) is 11.4. The number of carbonyl (C=O) groups is 1. The number of amides is 1. The molecule has 0 atom stereocenters. The molecule has 0 aliphatic carbocycles. The third kappa shape index (κ3) is 5.02. The van der Waals surface area contributed by atoms with E-state index in [1.54, 1.807) is 0 Å². The summed E-state index contributed by atoms with van der Waals surface area (Å²) < 4.78 is 27.6. The number of halogens is 1. The van der Waals surface area contributed by atoms with Gasteiger partial charge in [0.1, 0.15) is 10.6 Å². The molecule has 1 rings (SSSR count). The molecule has 0 aliphatic rings. The molecule has 1 aromatic rings. The third-order valence-electron chi connectivity index (χ3n) is 2.66. The molecule has 20 heavy (non-hydrogen) atoms. The second-order valence-corrected chi connectivity index (χ2v) is 7.32. The first-order valence-corrected chi connectivity index (χ1v) is 8.47. The predicted octanol–water partition coefficient (Wildman–Crippen LogP) is 3.00. The zero-order valence-corrected chi connectivity index (χ0v) is 13.2. The quantitative estimate of drug-likeness (QED) is 0.818. The molecule has 112 valence electrons. The fraction of sp³-hybridized carbons (Fsp3) is 0.462. The second-order valence-electron chi connectivity index (χ2n) is 4.78. The Bertz CT molecular complexity index is 584. The van der Waals surface area contributed by atoms with Crippen LogP contribution in [0.3, 0.4) is 0 Å². The molecule has 1 amide bonds. The highest BCUT2D eigenvalue weighted by atomic mass is 35.7. The van der Waals surface area contributed by atoms with Crippen molar-refractivity contribution in [2.75, 3.05) is 12.4 Å². The molecule has 0 saturated heterocycles. The molecule has 7 heteroatoms. The Kier molecular flexibility index (Phi) is 5.83. The number of methoxy groups -OCH3 is 1. The van der Waals surface area contributed by atoms with E-state index in [4.69, 9.17) is 15.4 Å². The highest BCUT2D eigenvalue weighted by molar-refractivity contribution is 8.13. The molecule has 0 bridgehead atoms. The first-order chi connectivity index (χ1) is 9.24. The molecule has 0 saturated carbocycles. The molecule has 1 aromatic carbocycles. The minimum Gasteiger partial charge on any atom is -0.495 e. The maximum Gasteiger partial charge on any atom is 0.264 e. The lowest BCUT2D eigenvalue weighted by Crippen LogP contribution is -2.12. The van der Waals surface area contributed by atoms with Gasteiger partial charge in [-0.2, -0.15) is 0 Å². The third-order valence-corrected chi connectivity index (χ3v) is 4.02. The molecule has 0 radical (unpaired) electrons. The van der Waals surface area contributed by atoms with Crippen molar-refractivity contribution in [3.8, 4) is 5.75 Å². The first-order valence-electron chi connectivity index (χ1n) is 6.16. The van der Waals surface area contributed by atoms with Gasteiger partial charge in [0.15, 0.2) is 0 Å². The fourth-order valence-electron chi connectivity index (χ4n) is 1.59. The van der Waals surface area contributed by atoms with E-state index in [0.29, 0.717) is 18.0 Å². The maximum atomic E-state index is 11.7. The van der Waals surface area contributed by atoms with Crippen molar-refractivity contribution < 1.29 is 17.9 Å². The molecule has 0 aromatic heterocycles. The Morgan fingerprint density at radius 3 is 2.55 bits per heavy atom. The van der Waals surface area contributed by atoms with E-state index in [0.717, 1.165) is 6.42 Å². The Morgan fingerprint density at radius 1 is 1.40 bits per heavy atom. The average Bonchev–Trinajstić information content (AvgIpc) is 2.34. The van der Waals surface area contributed by atoms with Crippen LogP contribution < -0.4 is 10.1 Å². The molecule has 0 fully saturated rings. The Hall–Kier alpha value is -1.27. The summed E-state index contributed by atoms with van der Waals surface area (Å²) in [6.45, 7) is 4.08. The molecule has 0 heterocycles. The van der Waals surface area contributed by atoms with E-state index in [9.17, 15) is 13.2 Å². The molecular formula is C13H18ClNO4S. The van der Waals surface area contributed by atoms with Crippen LogP contribution in [0.4, 0.5) is 5.69 Å². The molecule has 5 nitrogen and oxygen atoms in total. The van der Waals surface area contributed by atoms with Crippen LogP contribution in [-0.2, 0) is 13.8 Å². The minimum atomic E-state index is -3.88. The van der Waals surface area contributed by atoms with E-state index in [-0.39, 0.29) is 16.6 Å². The van der Waals surface area contributed by atoms with E-state index < -0.39 is 9.05 Å². The van der Waals surface area contributed by atoms with Crippen LogP contribution in [-0.4, -0.2) is 21.4 Å². The van der Waals surface area contributed by atoms with Crippen molar-refractivity contribution in [3.63, 3.8) is 0 Å². The monoisotopic (exact) mass is 319 g/mol. The van der Waals surface area contributed by atoms with Gasteiger partial charge in [-0.3, -0.25) is 4.79 Å². The number of hydrogen-bond donors (Lipinski definition) is 1. The fourth-order valence-corrected chi connectivity index (χ4v) is 2.59. The Morgan fingerprint density at radius 2 is 2.05 bits per heavy atom. The maximum absolute atomic E-state index is 11.7. The smallest absolute Gasteiger partial charge is 0.264 e. The van der Waals surface area contributed by atoms with E-state index in [1.165, 1.54) is 25.3 Å². The van der Waals surface area contributed by atoms with Gasteiger partial charge in [0.05, 0.1) is 7.11 Å². The van der Waals surface area contributed by atoms with Crippen molar-refractivity contribution in [1.29, 1.82) is 0 Å². The highest BCUT2D eigenvalue weighted by Gasteiger charge is 2.17. The van der Waals surface area contributed by atoms with Gasteiger partial charge >= 0.3 is 0 Å². The summed E-state index contributed by atoms with van der Waals surface area (Å²) in [7, 11) is 2.75. The zero-order chi connectivity index (χ0) is 15.3. The van der Waals surface area contributed by atoms with Gasteiger partial charge in [-0.1, -0.05) is 13.8 Å². The van der Waals surface area contributed by atoms with Crippen molar-refractivity contribution in [3.05, 3.63) is 18.2 Å². The molecule has 0 unspecified atom stereocenters. The van der Waals surface area contributed by atoms with E-state index >= 15 is 0 Å². The topological polar surface area (TPSA) is 72.5 Å². The molecule has 1 N–H and O–H groups in total. The van der Waals surface area contributed by atoms with Gasteiger partial charge in [-0.25, -0.2) is 8.42 Å². The van der Waals surface area contributed by atoms with Gasteiger partial charge in [0.2, 0.25) is 5.91 Å². The summed E-state index contributed by atoms with van der Waals surface area (Å²) in [5, 5.41) is 2.69. The van der Waals surface area contributed by atoms with Crippen molar-refractivity contribution in [1.82, 2.24) is 0 Å². The summed E-state index contributed by atoms with van der Waals surface area (Å²) in [6.07, 6.45) is 1.20. The number of rotatable bonds is 6. The number of hydrogen-bond acceptors (Lipinski definition) is 4. The number of anilines is 1. The highest BCUT2D eigenvalue weighted by Crippen LogP contribution is 2.29. The lowest BCUT2D eigenvalue weighted by molar-refractivity contribution is -0.116. The van der Waals surface area contributed by atoms with Gasteiger partial charge in [0.25, 0.3) is 9.05 Å². The van der Waals surface area contributed by atoms with Crippen LogP contribution in [0.1, 0.15) is 26.7 Å². The van der Waals surface area contributed by atoms with Crippen molar-refractivity contribution in [2.45, 2.75) is 31.6 Å². The summed E-state index contributed by atoms with van der Waals surface area (Å²) in [6, 6.07) is 4.22. The predicted molar refractivity (Wildman–Crippen MR) is 78.7 cm³/mol. The van der Waals surface area contributed by atoms with Gasteiger partial charge < -0.3 is 10.1 Å². The van der Waals surface area contributed by atoms with Crippen LogP contribution in [0.2, 0.25) is 0 Å². The summed E-state index contributed by atoms with van der Waals surface area (Å²) in [5.41, 5.74) is 0.472. The lowest BCUT2D eigenvalue weighted by atomic mass is 10.1. The van der Waals surface area contributed by atoms with Crippen LogP contribution in [0, 0.1) is 5.92 Å². The van der Waals surface area contributed by atoms with Crippen molar-refractivity contribution >= 4 is 31.3 Å². The SMILES string of the molecule is COc1cc(NC(=O)CCC(C)C)ccc1S(=O)(=O)Cl. The van der Waals surface area contributed by atoms with Crippen LogP contribution in [0.15, 0.2) is 23.1 Å². The largest absolute Gasteiger partial charge is 0.495 e. The standard InChI is InChI=1S/C13H18ClNO4S/c1-9(2)4-7-13(16)15-10-5-6-12(20(14,17)18)11(8-10)19-3/h5-6,8-9H,4,7H2,1-3H3,(H,15,16). The zero-order valence-electron chi connectivity index (χ0n) is 11.6. The molecule has 0 spiro atoms. The van der Waals surface area contributed by atoms with Gasteiger partial charge in [-0.15, -0.1) is 0 Å². The average molecular weight is 320 g/mol. The van der Waals surface area contributed by atoms with Crippen LogP contribution >= 0.6 is 10.7 Å². The first kappa shape index (κ1) is 16.8. The van der Waals surface area contributed by atoms with E-state index in [2.05, 4.69) is 5.32 Å².